The lowest BCUT2D eigenvalue weighted by Gasteiger charge is -2.14. The minimum atomic E-state index is -0.434. The van der Waals surface area contributed by atoms with E-state index in [1.807, 2.05) is 0 Å². The van der Waals surface area contributed by atoms with E-state index in [0.717, 1.165) is 0 Å². The van der Waals surface area contributed by atoms with E-state index in [-0.39, 0.29) is 18.0 Å². The number of hydrogen-bond donors (Lipinski definition) is 0. The fourth-order valence-corrected chi connectivity index (χ4v) is 1.79. The second-order valence-corrected chi connectivity index (χ2v) is 3.81. The fraction of sp³-hybridized carbons (Fsp3) is 0.333. The number of Topliss-reactive ketones (excluding diaryl/α,β-unsaturated/α-hetero) is 1. The summed E-state index contributed by atoms with van der Waals surface area (Å²) in [5.74, 6) is -1.04. The van der Waals surface area contributed by atoms with Crippen molar-refractivity contribution in [2.75, 3.05) is 13.1 Å². The van der Waals surface area contributed by atoms with E-state index < -0.39 is 5.91 Å². The van der Waals surface area contributed by atoms with Crippen LogP contribution in [0.2, 0.25) is 0 Å². The molecular formula is C12H12FNO2. The summed E-state index contributed by atoms with van der Waals surface area (Å²) in [6.45, 7) is 0.873. The standard InChI is InChI=1S/C12H12FNO2/c13-10-4-2-1-3-9(10)5-7-14-8-6-11(15)12(14)16/h1-4H,5-8H2. The Kier molecular flexibility index (Phi) is 2.99. The highest BCUT2D eigenvalue weighted by Crippen LogP contribution is 2.11. The smallest absolute Gasteiger partial charge is 0.290 e. The molecule has 0 N–H and O–H groups in total. The maximum Gasteiger partial charge on any atom is 0.290 e. The van der Waals surface area contributed by atoms with Crippen molar-refractivity contribution in [2.45, 2.75) is 12.8 Å². The number of carbonyl (C=O) groups excluding carboxylic acids is 2. The van der Waals surface area contributed by atoms with Crippen LogP contribution in [0, 0.1) is 5.82 Å². The molecule has 1 aromatic carbocycles. The highest BCUT2D eigenvalue weighted by atomic mass is 19.1. The van der Waals surface area contributed by atoms with Crippen molar-refractivity contribution in [3.63, 3.8) is 0 Å². The number of carbonyl (C=O) groups is 2. The van der Waals surface area contributed by atoms with Crippen LogP contribution in [0.3, 0.4) is 0 Å². The number of halogens is 1. The Morgan fingerprint density at radius 1 is 1.25 bits per heavy atom. The van der Waals surface area contributed by atoms with Crippen molar-refractivity contribution in [3.05, 3.63) is 35.6 Å². The summed E-state index contributed by atoms with van der Waals surface area (Å²) in [4.78, 5) is 23.8. The topological polar surface area (TPSA) is 37.4 Å². The van der Waals surface area contributed by atoms with Gasteiger partial charge in [0.1, 0.15) is 5.82 Å². The minimum Gasteiger partial charge on any atom is -0.335 e. The van der Waals surface area contributed by atoms with Crippen LogP contribution in [0.25, 0.3) is 0 Å². The lowest BCUT2D eigenvalue weighted by atomic mass is 10.1. The van der Waals surface area contributed by atoms with Gasteiger partial charge in [-0.1, -0.05) is 18.2 Å². The molecule has 3 nitrogen and oxygen atoms in total. The summed E-state index contributed by atoms with van der Waals surface area (Å²) in [5, 5.41) is 0. The van der Waals surface area contributed by atoms with Crippen molar-refractivity contribution in [1.29, 1.82) is 0 Å². The summed E-state index contributed by atoms with van der Waals surface area (Å²) in [6, 6.07) is 6.47. The predicted octanol–water partition coefficient (Wildman–Crippen LogP) is 1.17. The third-order valence-corrected chi connectivity index (χ3v) is 2.74. The maximum atomic E-state index is 13.3. The molecule has 16 heavy (non-hydrogen) atoms. The zero-order valence-electron chi connectivity index (χ0n) is 8.78. The molecule has 0 spiro atoms. The van der Waals surface area contributed by atoms with Crippen molar-refractivity contribution >= 4 is 11.7 Å². The van der Waals surface area contributed by atoms with Gasteiger partial charge in [0.25, 0.3) is 5.91 Å². The molecule has 4 heteroatoms. The average molecular weight is 221 g/mol. The van der Waals surface area contributed by atoms with Crippen molar-refractivity contribution in [3.8, 4) is 0 Å². The average Bonchev–Trinajstić information content (AvgIpc) is 2.59. The monoisotopic (exact) mass is 221 g/mol. The summed E-state index contributed by atoms with van der Waals surface area (Å²) in [6.07, 6.45) is 0.738. The summed E-state index contributed by atoms with van der Waals surface area (Å²) < 4.78 is 13.3. The van der Waals surface area contributed by atoms with Crippen LogP contribution in [0.4, 0.5) is 4.39 Å². The van der Waals surface area contributed by atoms with Gasteiger partial charge in [0.15, 0.2) is 0 Å². The largest absolute Gasteiger partial charge is 0.335 e. The van der Waals surface area contributed by atoms with Gasteiger partial charge in [0, 0.05) is 19.5 Å². The normalized spacial score (nSPS) is 15.9. The SMILES string of the molecule is O=C1CCN(CCc2ccccc2F)C1=O. The van der Waals surface area contributed by atoms with Gasteiger partial charge in [0.2, 0.25) is 5.78 Å². The first-order valence-corrected chi connectivity index (χ1v) is 5.24. The van der Waals surface area contributed by atoms with Gasteiger partial charge in [-0.15, -0.1) is 0 Å². The Balaban J connectivity index is 1.96. The molecule has 1 aliphatic heterocycles. The molecule has 1 aromatic rings. The van der Waals surface area contributed by atoms with Gasteiger partial charge in [-0.25, -0.2) is 4.39 Å². The number of ketones is 1. The van der Waals surface area contributed by atoms with Gasteiger partial charge in [-0.05, 0) is 18.1 Å². The quantitative estimate of drug-likeness (QED) is 0.718. The van der Waals surface area contributed by atoms with E-state index in [1.54, 1.807) is 18.2 Å². The van der Waals surface area contributed by atoms with Crippen LogP contribution >= 0.6 is 0 Å². The molecular weight excluding hydrogens is 209 g/mol. The number of likely N-dealkylation sites (tertiary alicyclic amines) is 1. The molecule has 0 atom stereocenters. The molecule has 0 saturated carbocycles. The molecule has 1 heterocycles. The van der Waals surface area contributed by atoms with Crippen molar-refractivity contribution < 1.29 is 14.0 Å². The molecule has 0 aromatic heterocycles. The number of nitrogens with zero attached hydrogens (tertiary/aromatic N) is 1. The zero-order chi connectivity index (χ0) is 11.5. The molecule has 1 aliphatic rings. The first-order valence-electron chi connectivity index (χ1n) is 5.24. The highest BCUT2D eigenvalue weighted by Gasteiger charge is 2.28. The van der Waals surface area contributed by atoms with Crippen LogP contribution in [0.5, 0.6) is 0 Å². The molecule has 1 fully saturated rings. The predicted molar refractivity (Wildman–Crippen MR) is 56.3 cm³/mol. The molecule has 1 saturated heterocycles. The number of hydrogen-bond acceptors (Lipinski definition) is 2. The molecule has 0 aliphatic carbocycles. The van der Waals surface area contributed by atoms with Crippen LogP contribution in [0.1, 0.15) is 12.0 Å². The summed E-state index contributed by atoms with van der Waals surface area (Å²) in [5.41, 5.74) is 0.578. The third kappa shape index (κ3) is 2.10. The van der Waals surface area contributed by atoms with Crippen LogP contribution < -0.4 is 0 Å². The second kappa shape index (κ2) is 4.43. The Morgan fingerprint density at radius 3 is 2.62 bits per heavy atom. The van der Waals surface area contributed by atoms with Crippen molar-refractivity contribution in [2.24, 2.45) is 0 Å². The van der Waals surface area contributed by atoms with Gasteiger partial charge < -0.3 is 4.90 Å². The number of benzene rings is 1. The second-order valence-electron chi connectivity index (χ2n) is 3.81. The van der Waals surface area contributed by atoms with Crippen molar-refractivity contribution in [1.82, 2.24) is 4.90 Å². The zero-order valence-corrected chi connectivity index (χ0v) is 8.78. The summed E-state index contributed by atoms with van der Waals surface area (Å²) in [7, 11) is 0. The Bertz CT molecular complexity index is 431. The van der Waals surface area contributed by atoms with E-state index in [9.17, 15) is 14.0 Å². The van der Waals surface area contributed by atoms with Crippen LogP contribution in [-0.4, -0.2) is 29.7 Å². The number of amides is 1. The Labute approximate surface area is 92.9 Å². The van der Waals surface area contributed by atoms with E-state index in [2.05, 4.69) is 0 Å². The molecule has 0 unspecified atom stereocenters. The van der Waals surface area contributed by atoms with Gasteiger partial charge in [0.05, 0.1) is 0 Å². The maximum absolute atomic E-state index is 13.3. The minimum absolute atomic E-state index is 0.263. The lowest BCUT2D eigenvalue weighted by Crippen LogP contribution is -2.29. The molecule has 0 bridgehead atoms. The molecule has 1 amide bonds. The van der Waals surface area contributed by atoms with Crippen LogP contribution in [-0.2, 0) is 16.0 Å². The molecule has 0 radical (unpaired) electrons. The highest BCUT2D eigenvalue weighted by molar-refractivity contribution is 6.37. The Morgan fingerprint density at radius 2 is 2.00 bits per heavy atom. The fourth-order valence-electron chi connectivity index (χ4n) is 1.79. The van der Waals surface area contributed by atoms with E-state index >= 15 is 0 Å². The Hall–Kier alpha value is -1.71. The summed E-state index contributed by atoms with van der Waals surface area (Å²) >= 11 is 0. The molecule has 2 rings (SSSR count). The third-order valence-electron chi connectivity index (χ3n) is 2.74. The van der Waals surface area contributed by atoms with E-state index in [0.29, 0.717) is 25.1 Å². The van der Waals surface area contributed by atoms with E-state index in [4.69, 9.17) is 0 Å². The van der Waals surface area contributed by atoms with Gasteiger partial charge >= 0.3 is 0 Å². The first kappa shape index (κ1) is 10.8. The molecule has 84 valence electrons. The lowest BCUT2D eigenvalue weighted by molar-refractivity contribution is -0.139. The number of rotatable bonds is 3. The van der Waals surface area contributed by atoms with Gasteiger partial charge in [-0.2, -0.15) is 0 Å². The van der Waals surface area contributed by atoms with Gasteiger partial charge in [-0.3, -0.25) is 9.59 Å². The van der Waals surface area contributed by atoms with Crippen LogP contribution in [0.15, 0.2) is 24.3 Å². The van der Waals surface area contributed by atoms with E-state index in [1.165, 1.54) is 11.0 Å². The first-order chi connectivity index (χ1) is 7.68.